The first-order valence-electron chi connectivity index (χ1n) is 7.86. The molecule has 0 unspecified atom stereocenters. The van der Waals surface area contributed by atoms with Gasteiger partial charge < -0.3 is 15.2 Å². The molecule has 2 atom stereocenters. The number of benzene rings is 1. The van der Waals surface area contributed by atoms with E-state index >= 15 is 0 Å². The van der Waals surface area contributed by atoms with E-state index < -0.39 is 0 Å². The highest BCUT2D eigenvalue weighted by Crippen LogP contribution is 2.23. The van der Waals surface area contributed by atoms with Crippen LogP contribution in [0.3, 0.4) is 0 Å². The molecule has 0 aromatic heterocycles. The van der Waals surface area contributed by atoms with Crippen molar-refractivity contribution in [3.05, 3.63) is 28.2 Å². The van der Waals surface area contributed by atoms with Crippen LogP contribution in [-0.4, -0.2) is 47.4 Å². The van der Waals surface area contributed by atoms with Crippen LogP contribution in [0.1, 0.15) is 33.3 Å². The molecular formula is C17H27BrN2O2. The summed E-state index contributed by atoms with van der Waals surface area (Å²) in [6.45, 7) is 12.2. The molecule has 0 saturated carbocycles. The Morgan fingerprint density at radius 1 is 1.32 bits per heavy atom. The van der Waals surface area contributed by atoms with Gasteiger partial charge in [-0.2, -0.15) is 0 Å². The molecule has 0 aliphatic carbocycles. The Hall–Kier alpha value is -0.620. The van der Waals surface area contributed by atoms with Gasteiger partial charge in [-0.25, -0.2) is 0 Å². The topological polar surface area (TPSA) is 44.7 Å². The predicted molar refractivity (Wildman–Crippen MR) is 93.2 cm³/mol. The van der Waals surface area contributed by atoms with E-state index in [-0.39, 0.29) is 17.7 Å². The Bertz CT molecular complexity index is 497. The Balaban J connectivity index is 1.90. The zero-order valence-electron chi connectivity index (χ0n) is 13.9. The summed E-state index contributed by atoms with van der Waals surface area (Å²) in [5.41, 5.74) is 0.961. The number of phenolic OH excluding ortho intramolecular Hbond substituents is 1. The average Bonchev–Trinajstić information content (AvgIpc) is 2.41. The monoisotopic (exact) mass is 370 g/mol. The van der Waals surface area contributed by atoms with E-state index in [4.69, 9.17) is 4.74 Å². The van der Waals surface area contributed by atoms with Gasteiger partial charge in [0.05, 0.1) is 12.2 Å². The highest BCUT2D eigenvalue weighted by Gasteiger charge is 2.32. The lowest BCUT2D eigenvalue weighted by atomic mass is 10.00. The molecular weight excluding hydrogens is 344 g/mol. The Labute approximate surface area is 142 Å². The van der Waals surface area contributed by atoms with Crippen LogP contribution in [-0.2, 0) is 11.3 Å². The summed E-state index contributed by atoms with van der Waals surface area (Å²) in [6, 6.07) is 5.52. The Morgan fingerprint density at radius 2 is 1.95 bits per heavy atom. The minimum atomic E-state index is 0.0495. The van der Waals surface area contributed by atoms with Gasteiger partial charge in [-0.15, -0.1) is 0 Å². The second-order valence-corrected chi connectivity index (χ2v) is 7.77. The van der Waals surface area contributed by atoms with Crippen molar-refractivity contribution in [1.82, 2.24) is 10.2 Å². The number of nitrogens with zero attached hydrogens (tertiary/aromatic N) is 1. The molecule has 0 radical (unpaired) electrons. The number of nitrogens with one attached hydrogen (secondary N) is 1. The van der Waals surface area contributed by atoms with Crippen molar-refractivity contribution in [2.75, 3.05) is 19.6 Å². The van der Waals surface area contributed by atoms with Gasteiger partial charge in [0.25, 0.3) is 0 Å². The third-order valence-electron chi connectivity index (χ3n) is 4.19. The van der Waals surface area contributed by atoms with Gasteiger partial charge in [0.15, 0.2) is 0 Å². The molecule has 1 aromatic rings. The fourth-order valence-electron chi connectivity index (χ4n) is 2.98. The van der Waals surface area contributed by atoms with Gasteiger partial charge in [-0.3, -0.25) is 4.90 Å². The van der Waals surface area contributed by atoms with Crippen molar-refractivity contribution in [3.63, 3.8) is 0 Å². The van der Waals surface area contributed by atoms with Gasteiger partial charge in [0.2, 0.25) is 0 Å². The first-order chi connectivity index (χ1) is 10.3. The molecule has 2 N–H and O–H groups in total. The summed E-state index contributed by atoms with van der Waals surface area (Å²) in [4.78, 5) is 2.49. The third kappa shape index (κ3) is 4.69. The number of morpholine rings is 1. The number of aromatic hydroxyl groups is 1. The maximum absolute atomic E-state index is 9.89. The highest BCUT2D eigenvalue weighted by molar-refractivity contribution is 9.10. The van der Waals surface area contributed by atoms with Crippen LogP contribution in [0, 0.1) is 0 Å². The zero-order valence-corrected chi connectivity index (χ0v) is 15.5. The average molecular weight is 371 g/mol. The number of phenols is 1. The number of hydrogen-bond acceptors (Lipinski definition) is 4. The number of rotatable bonds is 5. The first-order valence-corrected chi connectivity index (χ1v) is 8.66. The van der Waals surface area contributed by atoms with E-state index in [9.17, 15) is 5.11 Å². The van der Waals surface area contributed by atoms with Crippen molar-refractivity contribution in [2.45, 2.75) is 52.0 Å². The van der Waals surface area contributed by atoms with Crippen molar-refractivity contribution in [2.24, 2.45) is 0 Å². The molecule has 1 saturated heterocycles. The minimum absolute atomic E-state index is 0.0495. The summed E-state index contributed by atoms with van der Waals surface area (Å²) >= 11 is 3.44. The van der Waals surface area contributed by atoms with Crippen molar-refractivity contribution in [1.29, 1.82) is 0 Å². The molecule has 1 aromatic carbocycles. The standard InChI is InChI=1S/C17H27BrN2O2/c1-12-9-20(10-13(2)22-12)17(3,4)11-19-8-14-7-15(18)5-6-16(14)21/h5-7,12-13,19,21H,8-11H2,1-4H3/t12-,13-/m0/s1. The molecule has 22 heavy (non-hydrogen) atoms. The van der Waals surface area contributed by atoms with Crippen molar-refractivity contribution < 1.29 is 9.84 Å². The third-order valence-corrected chi connectivity index (χ3v) is 4.68. The molecule has 0 amide bonds. The molecule has 124 valence electrons. The van der Waals surface area contributed by atoms with E-state index in [0.717, 1.165) is 29.7 Å². The molecule has 1 heterocycles. The first kappa shape index (κ1) is 17.7. The zero-order chi connectivity index (χ0) is 16.3. The van der Waals surface area contributed by atoms with Crippen LogP contribution < -0.4 is 5.32 Å². The molecule has 1 aliphatic heterocycles. The van der Waals surface area contributed by atoms with Crippen LogP contribution >= 0.6 is 15.9 Å². The van der Waals surface area contributed by atoms with E-state index in [1.807, 2.05) is 12.1 Å². The van der Waals surface area contributed by atoms with E-state index in [1.54, 1.807) is 6.07 Å². The summed E-state index contributed by atoms with van der Waals surface area (Å²) in [5.74, 6) is 0.335. The van der Waals surface area contributed by atoms with E-state index in [1.165, 1.54) is 0 Å². The molecule has 4 nitrogen and oxygen atoms in total. The molecule has 0 spiro atoms. The Morgan fingerprint density at radius 3 is 2.59 bits per heavy atom. The number of halogens is 1. The quantitative estimate of drug-likeness (QED) is 0.835. The van der Waals surface area contributed by atoms with Crippen LogP contribution in [0.15, 0.2) is 22.7 Å². The number of ether oxygens (including phenoxy) is 1. The largest absolute Gasteiger partial charge is 0.508 e. The predicted octanol–water partition coefficient (Wildman–Crippen LogP) is 3.13. The maximum Gasteiger partial charge on any atom is 0.120 e. The van der Waals surface area contributed by atoms with E-state index in [2.05, 4.69) is 53.8 Å². The fraction of sp³-hybridized carbons (Fsp3) is 0.647. The molecule has 5 heteroatoms. The van der Waals surface area contributed by atoms with Crippen LogP contribution in [0.5, 0.6) is 5.75 Å². The minimum Gasteiger partial charge on any atom is -0.508 e. The van der Waals surface area contributed by atoms with Crippen LogP contribution in [0.4, 0.5) is 0 Å². The summed E-state index contributed by atoms with van der Waals surface area (Å²) in [5, 5.41) is 13.4. The molecule has 0 bridgehead atoms. The smallest absolute Gasteiger partial charge is 0.120 e. The highest BCUT2D eigenvalue weighted by atomic mass is 79.9. The second kappa shape index (κ2) is 7.30. The molecule has 1 fully saturated rings. The van der Waals surface area contributed by atoms with Crippen LogP contribution in [0.2, 0.25) is 0 Å². The van der Waals surface area contributed by atoms with Gasteiger partial charge in [0.1, 0.15) is 5.75 Å². The maximum atomic E-state index is 9.89. The SMILES string of the molecule is C[C@H]1CN(C(C)(C)CNCc2cc(Br)ccc2O)C[C@H](C)O1. The van der Waals surface area contributed by atoms with Crippen molar-refractivity contribution >= 4 is 15.9 Å². The second-order valence-electron chi connectivity index (χ2n) is 6.85. The summed E-state index contributed by atoms with van der Waals surface area (Å²) in [6.07, 6.45) is 0.550. The van der Waals surface area contributed by atoms with E-state index in [0.29, 0.717) is 12.3 Å². The van der Waals surface area contributed by atoms with Crippen LogP contribution in [0.25, 0.3) is 0 Å². The van der Waals surface area contributed by atoms with Crippen molar-refractivity contribution in [3.8, 4) is 5.75 Å². The normalized spacial score (nSPS) is 23.7. The van der Waals surface area contributed by atoms with Gasteiger partial charge >= 0.3 is 0 Å². The summed E-state index contributed by atoms with van der Waals surface area (Å²) in [7, 11) is 0. The van der Waals surface area contributed by atoms with Gasteiger partial charge in [-0.05, 0) is 45.9 Å². The number of hydrogen-bond donors (Lipinski definition) is 2. The molecule has 2 rings (SSSR count). The lowest BCUT2D eigenvalue weighted by Crippen LogP contribution is -2.58. The lowest BCUT2D eigenvalue weighted by Gasteiger charge is -2.45. The van der Waals surface area contributed by atoms with Gasteiger partial charge in [-0.1, -0.05) is 15.9 Å². The fourth-order valence-corrected chi connectivity index (χ4v) is 3.39. The van der Waals surface area contributed by atoms with Gasteiger partial charge in [0, 0.05) is 41.8 Å². The molecule has 1 aliphatic rings. The Kier molecular flexibility index (Phi) is 5.88. The summed E-state index contributed by atoms with van der Waals surface area (Å²) < 4.78 is 6.80. The lowest BCUT2D eigenvalue weighted by molar-refractivity contribution is -0.0952.